The van der Waals surface area contributed by atoms with Crippen molar-refractivity contribution in [2.24, 2.45) is 5.41 Å². The highest BCUT2D eigenvalue weighted by Gasteiger charge is 2.37. The van der Waals surface area contributed by atoms with Gasteiger partial charge in [0.05, 0.1) is 18.8 Å². The van der Waals surface area contributed by atoms with Crippen molar-refractivity contribution in [1.82, 2.24) is 19.8 Å². The number of imidazole rings is 1. The van der Waals surface area contributed by atoms with Crippen LogP contribution in [0.3, 0.4) is 0 Å². The third-order valence-electron chi connectivity index (χ3n) is 5.58. The van der Waals surface area contributed by atoms with Gasteiger partial charge in [-0.3, -0.25) is 14.4 Å². The summed E-state index contributed by atoms with van der Waals surface area (Å²) in [5, 5.41) is 5.34. The molecule has 2 aromatic rings. The summed E-state index contributed by atoms with van der Waals surface area (Å²) in [7, 11) is 0. The normalized spacial score (nSPS) is 14.9. The lowest BCUT2D eigenvalue weighted by atomic mass is 9.92. The Morgan fingerprint density at radius 3 is 2.38 bits per heavy atom. The van der Waals surface area contributed by atoms with Crippen LogP contribution in [0.5, 0.6) is 0 Å². The molecule has 0 spiro atoms. The van der Waals surface area contributed by atoms with E-state index < -0.39 is 34.9 Å². The Hall–Kier alpha value is -3.30. The van der Waals surface area contributed by atoms with Gasteiger partial charge in [-0.25, -0.2) is 13.8 Å². The number of amides is 3. The van der Waals surface area contributed by atoms with E-state index in [9.17, 15) is 23.2 Å². The molecule has 8 nitrogen and oxygen atoms in total. The number of hydrogen-bond acceptors (Lipinski definition) is 4. The van der Waals surface area contributed by atoms with Gasteiger partial charge >= 0.3 is 0 Å². The van der Waals surface area contributed by atoms with Crippen LogP contribution in [-0.2, 0) is 20.8 Å². The zero-order valence-electron chi connectivity index (χ0n) is 19.9. The van der Waals surface area contributed by atoms with Crippen LogP contribution < -0.4 is 10.6 Å². The third kappa shape index (κ3) is 6.39. The van der Waals surface area contributed by atoms with Gasteiger partial charge in [0.25, 0.3) is 0 Å². The van der Waals surface area contributed by atoms with Gasteiger partial charge in [0, 0.05) is 30.8 Å². The van der Waals surface area contributed by atoms with Crippen LogP contribution in [0, 0.1) is 17.0 Å². The molecule has 0 bridgehead atoms. The van der Waals surface area contributed by atoms with Crippen molar-refractivity contribution in [3.05, 3.63) is 47.9 Å². The van der Waals surface area contributed by atoms with Crippen LogP contribution in [0.2, 0.25) is 0 Å². The summed E-state index contributed by atoms with van der Waals surface area (Å²) in [6.07, 6.45) is 4.08. The smallest absolute Gasteiger partial charge is 0.248 e. The first-order chi connectivity index (χ1) is 16.0. The fourth-order valence-electron chi connectivity index (χ4n) is 3.80. The number of carbonyl (C=O) groups is 3. The highest BCUT2D eigenvalue weighted by atomic mass is 19.1. The van der Waals surface area contributed by atoms with Crippen molar-refractivity contribution in [1.29, 1.82) is 0 Å². The molecule has 1 aromatic carbocycles. The lowest BCUT2D eigenvalue weighted by molar-refractivity contribution is -0.145. The molecule has 3 amide bonds. The molecule has 34 heavy (non-hydrogen) atoms. The van der Waals surface area contributed by atoms with Gasteiger partial charge in [0.1, 0.15) is 17.7 Å². The van der Waals surface area contributed by atoms with E-state index in [2.05, 4.69) is 15.6 Å². The minimum absolute atomic E-state index is 0.0854. The number of nitrogens with one attached hydrogen (secondary N) is 2. The number of benzene rings is 1. The second-order valence-corrected chi connectivity index (χ2v) is 9.67. The van der Waals surface area contributed by atoms with Gasteiger partial charge in [0.15, 0.2) is 5.82 Å². The molecule has 2 heterocycles. The molecule has 1 aliphatic rings. The largest absolute Gasteiger partial charge is 0.344 e. The van der Waals surface area contributed by atoms with E-state index in [0.29, 0.717) is 31.7 Å². The van der Waals surface area contributed by atoms with E-state index in [-0.39, 0.29) is 23.9 Å². The summed E-state index contributed by atoms with van der Waals surface area (Å²) in [4.78, 5) is 43.5. The van der Waals surface area contributed by atoms with Crippen molar-refractivity contribution in [3.63, 3.8) is 0 Å². The first-order valence-electron chi connectivity index (χ1n) is 11.3. The summed E-state index contributed by atoms with van der Waals surface area (Å²) in [5.41, 5.74) is -0.246. The lowest BCUT2D eigenvalue weighted by Crippen LogP contribution is -2.53. The second-order valence-electron chi connectivity index (χ2n) is 9.67. The predicted octanol–water partition coefficient (Wildman–Crippen LogP) is 3.06. The van der Waals surface area contributed by atoms with Crippen molar-refractivity contribution in [2.75, 3.05) is 18.4 Å². The van der Waals surface area contributed by atoms with Crippen LogP contribution in [0.15, 0.2) is 30.7 Å². The van der Waals surface area contributed by atoms with Crippen LogP contribution >= 0.6 is 0 Å². The zero-order valence-corrected chi connectivity index (χ0v) is 19.9. The average Bonchev–Trinajstić information content (AvgIpc) is 3.12. The van der Waals surface area contributed by atoms with Crippen LogP contribution in [0.25, 0.3) is 0 Å². The molecule has 10 heteroatoms. The van der Waals surface area contributed by atoms with Crippen molar-refractivity contribution in [3.8, 4) is 0 Å². The highest BCUT2D eigenvalue weighted by molar-refractivity contribution is 5.96. The minimum atomic E-state index is -0.815. The quantitative estimate of drug-likeness (QED) is 0.613. The Labute approximate surface area is 197 Å². The maximum atomic E-state index is 13.4. The van der Waals surface area contributed by atoms with Crippen LogP contribution in [0.1, 0.15) is 52.1 Å². The standard InChI is InChI=1S/C24H31F2N5O3/c1-5-6-19(28-21(32)9-15-7-16(25)10-17(26)8-15)22(33)29-20-13-31(14-27-20)18-11-30(12-18)23(34)24(2,3)4/h7-8,10,13-14,18-19H,5-6,9,11-12H2,1-4H3,(H,28,32)(H,29,33). The fourth-order valence-corrected chi connectivity index (χ4v) is 3.80. The number of halogens is 2. The molecule has 1 unspecified atom stereocenters. The molecular formula is C24H31F2N5O3. The van der Waals surface area contributed by atoms with E-state index in [0.717, 1.165) is 18.2 Å². The molecule has 0 radical (unpaired) electrons. The van der Waals surface area contributed by atoms with Crippen molar-refractivity contribution < 1.29 is 23.2 Å². The molecule has 184 valence electrons. The van der Waals surface area contributed by atoms with E-state index in [1.165, 1.54) is 0 Å². The number of rotatable bonds is 8. The molecule has 1 atom stereocenters. The number of anilines is 1. The van der Waals surface area contributed by atoms with Gasteiger partial charge in [-0.1, -0.05) is 34.1 Å². The molecule has 1 saturated heterocycles. The van der Waals surface area contributed by atoms with Gasteiger partial charge in [-0.15, -0.1) is 0 Å². The topological polar surface area (TPSA) is 96.3 Å². The first-order valence-corrected chi connectivity index (χ1v) is 11.3. The van der Waals surface area contributed by atoms with Gasteiger partial charge in [-0.2, -0.15) is 0 Å². The SMILES string of the molecule is CCCC(NC(=O)Cc1cc(F)cc(F)c1)C(=O)Nc1cn(C2CN(C(=O)C(C)(C)C)C2)cn1. The van der Waals surface area contributed by atoms with E-state index in [4.69, 9.17) is 0 Å². The Kier molecular flexibility index (Phi) is 7.68. The first kappa shape index (κ1) is 25.3. The number of hydrogen-bond donors (Lipinski definition) is 2. The van der Waals surface area contributed by atoms with Gasteiger partial charge < -0.3 is 20.1 Å². The molecule has 2 N–H and O–H groups in total. The van der Waals surface area contributed by atoms with Crippen molar-refractivity contribution in [2.45, 2.75) is 59.0 Å². The maximum absolute atomic E-state index is 13.4. The number of nitrogens with zero attached hydrogens (tertiary/aromatic N) is 3. The van der Waals surface area contributed by atoms with Gasteiger partial charge in [-0.05, 0) is 24.1 Å². The van der Waals surface area contributed by atoms with Crippen LogP contribution in [0.4, 0.5) is 14.6 Å². The fraction of sp³-hybridized carbons (Fsp3) is 0.500. The molecule has 3 rings (SSSR count). The van der Waals surface area contributed by atoms with Gasteiger partial charge in [0.2, 0.25) is 17.7 Å². The summed E-state index contributed by atoms with van der Waals surface area (Å²) in [6, 6.07) is 2.17. The second kappa shape index (κ2) is 10.3. The summed E-state index contributed by atoms with van der Waals surface area (Å²) in [6.45, 7) is 8.69. The molecule has 1 fully saturated rings. The predicted molar refractivity (Wildman–Crippen MR) is 123 cm³/mol. The summed E-state index contributed by atoms with van der Waals surface area (Å²) in [5.74, 6) is -2.03. The molecular weight excluding hydrogens is 444 g/mol. The Morgan fingerprint density at radius 1 is 1.15 bits per heavy atom. The molecule has 1 aliphatic heterocycles. The maximum Gasteiger partial charge on any atom is 0.248 e. The van der Waals surface area contributed by atoms with E-state index in [1.807, 2.05) is 32.3 Å². The summed E-state index contributed by atoms with van der Waals surface area (Å²) < 4.78 is 28.6. The summed E-state index contributed by atoms with van der Waals surface area (Å²) >= 11 is 0. The van der Waals surface area contributed by atoms with Crippen LogP contribution in [-0.4, -0.2) is 51.3 Å². The number of likely N-dealkylation sites (tertiary alicyclic amines) is 1. The zero-order chi connectivity index (χ0) is 25.0. The number of aromatic nitrogens is 2. The molecule has 0 aliphatic carbocycles. The third-order valence-corrected chi connectivity index (χ3v) is 5.58. The Bertz CT molecular complexity index is 1040. The minimum Gasteiger partial charge on any atom is -0.344 e. The highest BCUT2D eigenvalue weighted by Crippen LogP contribution is 2.27. The Morgan fingerprint density at radius 2 is 1.79 bits per heavy atom. The number of carbonyl (C=O) groups excluding carboxylic acids is 3. The van der Waals surface area contributed by atoms with Crippen molar-refractivity contribution >= 4 is 23.5 Å². The lowest BCUT2D eigenvalue weighted by Gasteiger charge is -2.42. The molecule has 0 saturated carbocycles. The molecule has 1 aromatic heterocycles. The van der Waals surface area contributed by atoms with E-state index >= 15 is 0 Å². The average molecular weight is 476 g/mol. The van der Waals surface area contributed by atoms with E-state index in [1.54, 1.807) is 17.4 Å². The monoisotopic (exact) mass is 475 g/mol. The Balaban J connectivity index is 1.55.